The van der Waals surface area contributed by atoms with Gasteiger partial charge in [-0.1, -0.05) is 68.2 Å². The number of benzene rings is 2. The van der Waals surface area contributed by atoms with E-state index in [9.17, 15) is 4.79 Å². The lowest BCUT2D eigenvalue weighted by Crippen LogP contribution is -2.63. The van der Waals surface area contributed by atoms with Crippen molar-refractivity contribution in [2.75, 3.05) is 79.9 Å². The van der Waals surface area contributed by atoms with Crippen molar-refractivity contribution in [3.05, 3.63) is 93.2 Å². The molecule has 54 heavy (non-hydrogen) atoms. The van der Waals surface area contributed by atoms with Gasteiger partial charge in [-0.05, 0) is 56.2 Å². The van der Waals surface area contributed by atoms with E-state index >= 15 is 4.79 Å². The zero-order chi connectivity index (χ0) is 39.3. The smallest absolute Gasteiger partial charge is 0.262 e. The molecule has 5 rings (SSSR count). The molecule has 2 aliphatic rings. The fourth-order valence-electron chi connectivity index (χ4n) is 7.48. The second-order valence-corrected chi connectivity index (χ2v) is 16.3. The molecular weight excluding hydrogens is 727 g/mol. The number of carbonyl (C=O) groups excluding carboxylic acids is 2. The van der Waals surface area contributed by atoms with Crippen molar-refractivity contribution in [1.29, 1.82) is 0 Å². The van der Waals surface area contributed by atoms with Gasteiger partial charge in [0.25, 0.3) is 5.91 Å². The number of nitrogens with zero attached hydrogens (tertiary/aromatic N) is 4. The fourth-order valence-corrected chi connectivity index (χ4v) is 7.73. The van der Waals surface area contributed by atoms with Crippen LogP contribution in [0.5, 0.6) is 5.75 Å². The molecule has 0 bridgehead atoms. The van der Waals surface area contributed by atoms with Gasteiger partial charge >= 0.3 is 0 Å². The SMILES string of the molecule is CCOc1cc(C(C)(C)C)ncc1C1(C(=O)N2CCN(CC(=O)N(CCOC)CCOC)CC2)N[C@@](C)(c2ccc(Cl)cc2)[C@@](C)(c2ccc(Cl)cc2)N1. The summed E-state index contributed by atoms with van der Waals surface area (Å²) in [6.45, 7) is 16.8. The second-order valence-electron chi connectivity index (χ2n) is 15.4. The van der Waals surface area contributed by atoms with Gasteiger partial charge in [0.1, 0.15) is 5.75 Å². The molecule has 2 fully saturated rings. The lowest BCUT2D eigenvalue weighted by Gasteiger charge is -2.41. The molecule has 2 saturated heterocycles. The molecule has 294 valence electrons. The highest BCUT2D eigenvalue weighted by atomic mass is 35.5. The summed E-state index contributed by atoms with van der Waals surface area (Å²) in [5.74, 6) is 0.406. The summed E-state index contributed by atoms with van der Waals surface area (Å²) >= 11 is 12.8. The third kappa shape index (κ3) is 8.58. The Morgan fingerprint density at radius 2 is 1.35 bits per heavy atom. The van der Waals surface area contributed by atoms with Gasteiger partial charge in [-0.3, -0.25) is 30.1 Å². The molecule has 2 aliphatic heterocycles. The summed E-state index contributed by atoms with van der Waals surface area (Å²) in [6, 6.07) is 17.4. The molecular formula is C41H56Cl2N6O5. The molecule has 3 atom stereocenters. The molecule has 0 aliphatic carbocycles. The second kappa shape index (κ2) is 17.2. The van der Waals surface area contributed by atoms with E-state index in [4.69, 9.17) is 42.4 Å². The fraction of sp³-hybridized carbons (Fsp3) is 0.537. The first kappa shape index (κ1) is 41.9. The van der Waals surface area contributed by atoms with Crippen LogP contribution in [0.3, 0.4) is 0 Å². The Morgan fingerprint density at radius 3 is 1.80 bits per heavy atom. The van der Waals surface area contributed by atoms with Gasteiger partial charge < -0.3 is 24.0 Å². The van der Waals surface area contributed by atoms with E-state index in [2.05, 4.69) is 50.2 Å². The van der Waals surface area contributed by atoms with Gasteiger partial charge in [-0.15, -0.1) is 0 Å². The highest BCUT2D eigenvalue weighted by Gasteiger charge is 2.65. The van der Waals surface area contributed by atoms with Crippen LogP contribution in [0.15, 0.2) is 60.8 Å². The Morgan fingerprint density at radius 1 is 0.852 bits per heavy atom. The number of hydrogen-bond donors (Lipinski definition) is 2. The number of amides is 2. The third-order valence-corrected chi connectivity index (χ3v) is 11.4. The number of piperazine rings is 1. The average molecular weight is 784 g/mol. The van der Waals surface area contributed by atoms with E-state index in [0.717, 1.165) is 16.8 Å². The van der Waals surface area contributed by atoms with Crippen LogP contribution >= 0.6 is 23.2 Å². The van der Waals surface area contributed by atoms with Crippen molar-refractivity contribution in [2.45, 2.75) is 63.7 Å². The Kier molecular flexibility index (Phi) is 13.4. The average Bonchev–Trinajstić information content (AvgIpc) is 3.40. The van der Waals surface area contributed by atoms with Crippen LogP contribution in [0, 0.1) is 0 Å². The van der Waals surface area contributed by atoms with Crippen LogP contribution in [0.25, 0.3) is 0 Å². The van der Waals surface area contributed by atoms with Gasteiger partial charge in [-0.2, -0.15) is 0 Å². The van der Waals surface area contributed by atoms with Gasteiger partial charge in [0.05, 0.1) is 43.0 Å². The number of halogens is 2. The van der Waals surface area contributed by atoms with E-state index in [0.29, 0.717) is 80.4 Å². The normalized spacial score (nSPS) is 23.4. The number of ether oxygens (including phenoxy) is 3. The number of aromatic nitrogens is 1. The molecule has 0 saturated carbocycles. The Labute approximate surface area is 330 Å². The molecule has 2 aromatic carbocycles. The van der Waals surface area contributed by atoms with Crippen molar-refractivity contribution in [3.8, 4) is 5.75 Å². The maximum atomic E-state index is 15.5. The number of hydrogen-bond acceptors (Lipinski definition) is 9. The minimum Gasteiger partial charge on any atom is -0.493 e. The Balaban J connectivity index is 1.57. The van der Waals surface area contributed by atoms with Crippen LogP contribution in [0.4, 0.5) is 0 Å². The molecule has 11 nitrogen and oxygen atoms in total. The zero-order valence-electron chi connectivity index (χ0n) is 32.9. The van der Waals surface area contributed by atoms with Gasteiger partial charge in [0.15, 0.2) is 5.66 Å². The highest BCUT2D eigenvalue weighted by molar-refractivity contribution is 6.30. The monoisotopic (exact) mass is 782 g/mol. The minimum atomic E-state index is -1.49. The van der Waals surface area contributed by atoms with Crippen molar-refractivity contribution in [1.82, 2.24) is 30.3 Å². The first-order chi connectivity index (χ1) is 25.6. The van der Waals surface area contributed by atoms with Crippen LogP contribution in [-0.2, 0) is 41.2 Å². The topological polar surface area (TPSA) is 109 Å². The standard InChI is InChI=1S/C41H56Cl2N6O5/c1-9-54-34-26-35(38(2,3)4)44-27-33(34)41(37(51)49-20-18-47(19-21-49)28-36(50)48(22-24-52-7)23-25-53-8)45-39(5,29-10-14-31(42)15-11-29)40(6,46-41)30-12-16-32(43)17-13-30/h10-17,26-27,45-46H,9,18-25,28H2,1-8H3/t39-,40+,41?. The molecule has 0 spiro atoms. The molecule has 2 amide bonds. The first-order valence-electron chi connectivity index (χ1n) is 18.6. The van der Waals surface area contributed by atoms with E-state index in [1.807, 2.05) is 66.4 Å². The zero-order valence-corrected chi connectivity index (χ0v) is 34.4. The highest BCUT2D eigenvalue weighted by Crippen LogP contribution is 2.51. The molecule has 1 aromatic heterocycles. The van der Waals surface area contributed by atoms with E-state index in [-0.39, 0.29) is 23.8 Å². The molecule has 3 aromatic rings. The summed E-state index contributed by atoms with van der Waals surface area (Å²) in [4.78, 5) is 39.6. The van der Waals surface area contributed by atoms with Crippen molar-refractivity contribution in [3.63, 3.8) is 0 Å². The van der Waals surface area contributed by atoms with Crippen molar-refractivity contribution < 1.29 is 23.8 Å². The van der Waals surface area contributed by atoms with Gasteiger partial charge in [0, 0.05) is 86.9 Å². The lowest BCUT2D eigenvalue weighted by molar-refractivity contribution is -0.142. The first-order valence-corrected chi connectivity index (χ1v) is 19.4. The number of pyridine rings is 1. The molecule has 13 heteroatoms. The quantitative estimate of drug-likeness (QED) is 0.219. The molecule has 1 unspecified atom stereocenters. The molecule has 2 N–H and O–H groups in total. The maximum absolute atomic E-state index is 15.5. The largest absolute Gasteiger partial charge is 0.493 e. The van der Waals surface area contributed by atoms with Crippen LogP contribution in [-0.4, -0.2) is 111 Å². The summed E-state index contributed by atoms with van der Waals surface area (Å²) in [7, 11) is 3.25. The van der Waals surface area contributed by atoms with Gasteiger partial charge in [0.2, 0.25) is 5.91 Å². The van der Waals surface area contributed by atoms with E-state index in [1.165, 1.54) is 0 Å². The number of methoxy groups -OCH3 is 2. The molecule has 0 radical (unpaired) electrons. The lowest BCUT2D eigenvalue weighted by atomic mass is 9.72. The molecule has 3 heterocycles. The van der Waals surface area contributed by atoms with Crippen LogP contribution in [0.2, 0.25) is 10.0 Å². The van der Waals surface area contributed by atoms with E-state index in [1.54, 1.807) is 25.3 Å². The Hall–Kier alpha value is -3.29. The van der Waals surface area contributed by atoms with Crippen molar-refractivity contribution in [2.24, 2.45) is 0 Å². The maximum Gasteiger partial charge on any atom is 0.262 e. The number of carbonyl (C=O) groups is 2. The minimum absolute atomic E-state index is 0.00306. The van der Waals surface area contributed by atoms with Crippen LogP contribution < -0.4 is 15.4 Å². The predicted octanol–water partition coefficient (Wildman–Crippen LogP) is 5.53. The summed E-state index contributed by atoms with van der Waals surface area (Å²) in [5, 5.41) is 9.01. The summed E-state index contributed by atoms with van der Waals surface area (Å²) in [5.41, 5.74) is -0.220. The van der Waals surface area contributed by atoms with Crippen LogP contribution in [0.1, 0.15) is 63.9 Å². The van der Waals surface area contributed by atoms with Crippen molar-refractivity contribution >= 4 is 35.0 Å². The predicted molar refractivity (Wildman–Crippen MR) is 213 cm³/mol. The summed E-state index contributed by atoms with van der Waals surface area (Å²) in [6.07, 6.45) is 1.78. The number of nitrogens with one attached hydrogen (secondary N) is 2. The van der Waals surface area contributed by atoms with Gasteiger partial charge in [-0.25, -0.2) is 0 Å². The van der Waals surface area contributed by atoms with E-state index < -0.39 is 16.7 Å². The Bertz CT molecular complexity index is 1680. The summed E-state index contributed by atoms with van der Waals surface area (Å²) < 4.78 is 16.9. The number of rotatable bonds is 14. The third-order valence-electron chi connectivity index (χ3n) is 10.9.